The summed E-state index contributed by atoms with van der Waals surface area (Å²) in [5, 5.41) is 17.3. The normalized spacial score (nSPS) is 22.1. The molecular formula is C17H21N5O2. The summed E-state index contributed by atoms with van der Waals surface area (Å²) in [5.41, 5.74) is 2.52. The highest BCUT2D eigenvalue weighted by molar-refractivity contribution is 5.92. The smallest absolute Gasteiger partial charge is 0.133 e. The van der Waals surface area contributed by atoms with Gasteiger partial charge in [0.25, 0.3) is 0 Å². The van der Waals surface area contributed by atoms with Gasteiger partial charge >= 0.3 is 0 Å². The lowest BCUT2D eigenvalue weighted by molar-refractivity contribution is 0.0379. The van der Waals surface area contributed by atoms with E-state index in [4.69, 9.17) is 9.47 Å². The molecule has 1 aliphatic rings. The van der Waals surface area contributed by atoms with Crippen LogP contribution in [-0.4, -0.2) is 44.0 Å². The lowest BCUT2D eigenvalue weighted by Crippen LogP contribution is -2.19. The molecule has 0 unspecified atom stereocenters. The summed E-state index contributed by atoms with van der Waals surface area (Å²) in [6, 6.07) is 5.95. The molecule has 1 aromatic carbocycles. The number of aryl methyl sites for hydroxylation is 1. The van der Waals surface area contributed by atoms with Gasteiger partial charge in [-0.3, -0.25) is 5.10 Å². The average Bonchev–Trinajstić information content (AvgIpc) is 3.18. The average molecular weight is 327 g/mol. The maximum absolute atomic E-state index is 6.03. The predicted octanol–water partition coefficient (Wildman–Crippen LogP) is 2.79. The molecule has 0 radical (unpaired) electrons. The van der Waals surface area contributed by atoms with E-state index >= 15 is 0 Å². The third kappa shape index (κ3) is 2.99. The Morgan fingerprint density at radius 1 is 1.21 bits per heavy atom. The number of hydrogen-bond donors (Lipinski definition) is 1. The van der Waals surface area contributed by atoms with E-state index in [2.05, 4.69) is 34.2 Å². The number of benzene rings is 1. The predicted molar refractivity (Wildman–Crippen MR) is 89.8 cm³/mol. The first kappa shape index (κ1) is 15.1. The molecule has 1 aliphatic heterocycles. The fraction of sp³-hybridized carbons (Fsp3) is 0.471. The van der Waals surface area contributed by atoms with Gasteiger partial charge in [-0.15, -0.1) is 0 Å². The van der Waals surface area contributed by atoms with E-state index in [0.717, 1.165) is 47.4 Å². The molecule has 0 aliphatic carbocycles. The van der Waals surface area contributed by atoms with Crippen LogP contribution in [0.3, 0.4) is 0 Å². The summed E-state index contributed by atoms with van der Waals surface area (Å²) in [6.07, 6.45) is 3.73. The van der Waals surface area contributed by atoms with Gasteiger partial charge < -0.3 is 9.47 Å². The van der Waals surface area contributed by atoms with Gasteiger partial charge in [0.2, 0.25) is 0 Å². The molecule has 0 spiro atoms. The number of H-pyrrole nitrogens is 1. The molecule has 4 rings (SSSR count). The van der Waals surface area contributed by atoms with Crippen LogP contribution in [-0.2, 0) is 11.3 Å². The van der Waals surface area contributed by atoms with E-state index in [1.165, 1.54) is 0 Å². The zero-order valence-electron chi connectivity index (χ0n) is 13.9. The number of rotatable bonds is 0. The van der Waals surface area contributed by atoms with Gasteiger partial charge in [0, 0.05) is 11.8 Å². The van der Waals surface area contributed by atoms with Crippen molar-refractivity contribution in [1.82, 2.24) is 25.2 Å². The molecule has 24 heavy (non-hydrogen) atoms. The van der Waals surface area contributed by atoms with Crippen LogP contribution < -0.4 is 4.74 Å². The van der Waals surface area contributed by atoms with Gasteiger partial charge in [0.05, 0.1) is 37.1 Å². The second-order valence-corrected chi connectivity index (χ2v) is 6.29. The van der Waals surface area contributed by atoms with Gasteiger partial charge in [-0.05, 0) is 38.5 Å². The van der Waals surface area contributed by atoms with Crippen molar-refractivity contribution in [2.45, 2.75) is 45.4 Å². The highest BCUT2D eigenvalue weighted by atomic mass is 16.5. The molecule has 2 aromatic heterocycles. The maximum Gasteiger partial charge on any atom is 0.133 e. The van der Waals surface area contributed by atoms with Gasteiger partial charge in [-0.2, -0.15) is 20.1 Å². The maximum atomic E-state index is 6.03. The van der Waals surface area contributed by atoms with E-state index in [9.17, 15) is 0 Å². The Balaban J connectivity index is 1.75. The monoisotopic (exact) mass is 327 g/mol. The Kier molecular flexibility index (Phi) is 3.93. The van der Waals surface area contributed by atoms with Crippen molar-refractivity contribution in [2.24, 2.45) is 0 Å². The fourth-order valence-electron chi connectivity index (χ4n) is 2.88. The Bertz CT molecular complexity index is 840. The molecule has 0 saturated heterocycles. The number of aromatic amines is 1. The first-order chi connectivity index (χ1) is 11.7. The molecule has 0 saturated carbocycles. The molecule has 3 heterocycles. The largest absolute Gasteiger partial charge is 0.491 e. The van der Waals surface area contributed by atoms with E-state index in [1.807, 2.05) is 18.2 Å². The molecule has 126 valence electrons. The Hall–Kier alpha value is -2.41. The summed E-state index contributed by atoms with van der Waals surface area (Å²) in [5.74, 6) is 0.827. The number of nitrogens with one attached hydrogen (secondary N) is 1. The van der Waals surface area contributed by atoms with E-state index in [1.54, 1.807) is 11.0 Å². The van der Waals surface area contributed by atoms with Crippen molar-refractivity contribution in [3.63, 3.8) is 0 Å². The summed E-state index contributed by atoms with van der Waals surface area (Å²) in [4.78, 5) is 1.71. The standard InChI is InChI=1S/C17H21N5O2/c1-11-5-7-22-18-10-16(21-22)17-14-9-13(3-4-15(14)19-20-17)24-12(2)6-8-23-11/h3-4,9-12H,5-8H2,1-2H3,(H,19,20)/t11-,12-/m1/s1. The number of hydrogen-bond acceptors (Lipinski definition) is 5. The van der Waals surface area contributed by atoms with Crippen molar-refractivity contribution >= 4 is 10.9 Å². The molecule has 3 aromatic rings. The molecular weight excluding hydrogens is 306 g/mol. The van der Waals surface area contributed by atoms with E-state index < -0.39 is 0 Å². The van der Waals surface area contributed by atoms with Crippen LogP contribution in [0.4, 0.5) is 0 Å². The minimum absolute atomic E-state index is 0.0919. The molecule has 7 nitrogen and oxygen atoms in total. The molecule has 0 amide bonds. The lowest BCUT2D eigenvalue weighted by Gasteiger charge is -2.17. The third-order valence-corrected chi connectivity index (χ3v) is 4.31. The van der Waals surface area contributed by atoms with Crippen molar-refractivity contribution in [1.29, 1.82) is 0 Å². The second kappa shape index (κ2) is 6.24. The fourth-order valence-corrected chi connectivity index (χ4v) is 2.88. The number of fused-ring (bicyclic) bond motifs is 4. The first-order valence-electron chi connectivity index (χ1n) is 8.36. The lowest BCUT2D eigenvalue weighted by atomic mass is 10.1. The number of ether oxygens (including phenoxy) is 2. The van der Waals surface area contributed by atoms with Crippen LogP contribution in [0.15, 0.2) is 24.4 Å². The van der Waals surface area contributed by atoms with Crippen molar-refractivity contribution in [3.8, 4) is 17.1 Å². The Labute approximate surface area is 140 Å². The highest BCUT2D eigenvalue weighted by Gasteiger charge is 2.15. The van der Waals surface area contributed by atoms with Gasteiger partial charge in [-0.25, -0.2) is 0 Å². The Morgan fingerprint density at radius 2 is 2.12 bits per heavy atom. The van der Waals surface area contributed by atoms with E-state index in [0.29, 0.717) is 6.61 Å². The second-order valence-electron chi connectivity index (χ2n) is 6.29. The first-order valence-corrected chi connectivity index (χ1v) is 8.36. The molecule has 7 heteroatoms. The summed E-state index contributed by atoms with van der Waals surface area (Å²) >= 11 is 0. The summed E-state index contributed by atoms with van der Waals surface area (Å²) < 4.78 is 11.9. The topological polar surface area (TPSA) is 77.9 Å². The number of aromatic nitrogens is 5. The van der Waals surface area contributed by atoms with Crippen LogP contribution in [0.5, 0.6) is 5.75 Å². The zero-order chi connectivity index (χ0) is 16.5. The number of nitrogens with zero attached hydrogens (tertiary/aromatic N) is 4. The van der Waals surface area contributed by atoms with Crippen molar-refractivity contribution in [3.05, 3.63) is 24.4 Å². The third-order valence-electron chi connectivity index (χ3n) is 4.31. The summed E-state index contributed by atoms with van der Waals surface area (Å²) in [7, 11) is 0. The zero-order valence-corrected chi connectivity index (χ0v) is 13.9. The van der Waals surface area contributed by atoms with Crippen molar-refractivity contribution < 1.29 is 9.47 Å². The van der Waals surface area contributed by atoms with Crippen LogP contribution >= 0.6 is 0 Å². The van der Waals surface area contributed by atoms with E-state index in [-0.39, 0.29) is 12.2 Å². The van der Waals surface area contributed by atoms with Gasteiger partial charge in [0.1, 0.15) is 17.1 Å². The molecule has 0 fully saturated rings. The quantitative estimate of drug-likeness (QED) is 0.687. The Morgan fingerprint density at radius 3 is 3.04 bits per heavy atom. The van der Waals surface area contributed by atoms with Crippen molar-refractivity contribution in [2.75, 3.05) is 6.61 Å². The van der Waals surface area contributed by atoms with Crippen LogP contribution in [0, 0.1) is 0 Å². The molecule has 4 bridgehead atoms. The van der Waals surface area contributed by atoms with Crippen LogP contribution in [0.25, 0.3) is 22.3 Å². The summed E-state index contributed by atoms with van der Waals surface area (Å²) in [6.45, 7) is 5.55. The van der Waals surface area contributed by atoms with Crippen LogP contribution in [0.1, 0.15) is 26.7 Å². The van der Waals surface area contributed by atoms with Crippen LogP contribution in [0.2, 0.25) is 0 Å². The SMILES string of the molecule is C[C@@H]1CCn2ncc(n2)-c2n[nH]c3ccc(cc23)O[C@H](C)CCO1. The minimum Gasteiger partial charge on any atom is -0.491 e. The van der Waals surface area contributed by atoms with Gasteiger partial charge in [-0.1, -0.05) is 0 Å². The minimum atomic E-state index is 0.0919. The molecule has 2 atom stereocenters. The molecule has 1 N–H and O–H groups in total. The van der Waals surface area contributed by atoms with Gasteiger partial charge in [0.15, 0.2) is 0 Å². The highest BCUT2D eigenvalue weighted by Crippen LogP contribution is 2.28.